The quantitative estimate of drug-likeness (QED) is 0.849. The highest BCUT2D eigenvalue weighted by molar-refractivity contribution is 5.53. The molecule has 2 N–H and O–H groups in total. The number of fused-ring (bicyclic) bond motifs is 1. The molecule has 4 heteroatoms. The van der Waals surface area contributed by atoms with E-state index in [1.807, 2.05) is 18.3 Å². The van der Waals surface area contributed by atoms with Crippen molar-refractivity contribution in [3.8, 4) is 11.4 Å². The molecule has 0 spiro atoms. The Labute approximate surface area is 113 Å². The van der Waals surface area contributed by atoms with E-state index < -0.39 is 0 Å². The van der Waals surface area contributed by atoms with E-state index in [0.29, 0.717) is 0 Å². The van der Waals surface area contributed by atoms with E-state index in [0.717, 1.165) is 35.5 Å². The maximum absolute atomic E-state index is 6.22. The smallest absolute Gasteiger partial charge is 0.160 e. The van der Waals surface area contributed by atoms with Crippen molar-refractivity contribution in [1.29, 1.82) is 0 Å². The Morgan fingerprint density at radius 2 is 2.16 bits per heavy atom. The fourth-order valence-electron chi connectivity index (χ4n) is 2.74. The van der Waals surface area contributed by atoms with Gasteiger partial charge in [-0.25, -0.2) is 9.97 Å². The Hall–Kier alpha value is -1.81. The van der Waals surface area contributed by atoms with E-state index in [1.165, 1.54) is 0 Å². The van der Waals surface area contributed by atoms with Crippen molar-refractivity contribution in [2.75, 3.05) is 0 Å². The molecule has 1 aliphatic rings. The number of nitrogens with two attached hydrogens (primary N) is 1. The van der Waals surface area contributed by atoms with Crippen LogP contribution in [0.25, 0.3) is 11.4 Å². The molecule has 0 fully saturated rings. The second kappa shape index (κ2) is 4.38. The summed E-state index contributed by atoms with van der Waals surface area (Å²) < 4.78 is 0. The molecule has 98 valence electrons. The highest BCUT2D eigenvalue weighted by atomic mass is 14.9. The van der Waals surface area contributed by atoms with E-state index in [1.54, 1.807) is 12.4 Å². The molecule has 1 aliphatic carbocycles. The lowest BCUT2D eigenvalue weighted by Crippen LogP contribution is -2.30. The predicted octanol–water partition coefficient (Wildman–Crippen LogP) is 2.51. The summed E-state index contributed by atoms with van der Waals surface area (Å²) in [6.07, 6.45) is 7.35. The van der Waals surface area contributed by atoms with Crippen molar-refractivity contribution < 1.29 is 0 Å². The van der Waals surface area contributed by atoms with E-state index in [4.69, 9.17) is 10.7 Å². The van der Waals surface area contributed by atoms with Gasteiger partial charge in [0.15, 0.2) is 5.82 Å². The second-order valence-corrected chi connectivity index (χ2v) is 5.99. The number of pyridine rings is 1. The monoisotopic (exact) mass is 254 g/mol. The average Bonchev–Trinajstić information content (AvgIpc) is 2.37. The van der Waals surface area contributed by atoms with Crippen molar-refractivity contribution >= 4 is 0 Å². The van der Waals surface area contributed by atoms with Crippen molar-refractivity contribution in [2.45, 2.75) is 32.7 Å². The highest BCUT2D eigenvalue weighted by Crippen LogP contribution is 2.38. The topological polar surface area (TPSA) is 64.7 Å². The maximum Gasteiger partial charge on any atom is 0.160 e. The summed E-state index contributed by atoms with van der Waals surface area (Å²) in [7, 11) is 0. The molecule has 2 aromatic heterocycles. The van der Waals surface area contributed by atoms with Gasteiger partial charge in [0.2, 0.25) is 0 Å². The van der Waals surface area contributed by atoms with Crippen LogP contribution in [0.5, 0.6) is 0 Å². The lowest BCUT2D eigenvalue weighted by molar-refractivity contribution is 0.278. The summed E-state index contributed by atoms with van der Waals surface area (Å²) >= 11 is 0. The van der Waals surface area contributed by atoms with Crippen LogP contribution in [0.3, 0.4) is 0 Å². The lowest BCUT2D eigenvalue weighted by Gasteiger charge is -2.34. The molecular formula is C15H18N4. The molecular weight excluding hydrogens is 236 g/mol. The van der Waals surface area contributed by atoms with Crippen LogP contribution < -0.4 is 5.73 Å². The molecule has 1 atom stereocenters. The van der Waals surface area contributed by atoms with Crippen LogP contribution in [0, 0.1) is 5.41 Å². The number of hydrogen-bond donors (Lipinski definition) is 1. The molecule has 4 nitrogen and oxygen atoms in total. The van der Waals surface area contributed by atoms with Gasteiger partial charge in [0.05, 0.1) is 0 Å². The van der Waals surface area contributed by atoms with Crippen LogP contribution in [0.1, 0.15) is 37.6 Å². The summed E-state index contributed by atoms with van der Waals surface area (Å²) in [5, 5.41) is 0. The van der Waals surface area contributed by atoms with E-state index in [2.05, 4.69) is 23.8 Å². The fraction of sp³-hybridized carbons (Fsp3) is 0.400. The van der Waals surface area contributed by atoms with Gasteiger partial charge < -0.3 is 5.73 Å². The van der Waals surface area contributed by atoms with Gasteiger partial charge in [-0.2, -0.15) is 0 Å². The van der Waals surface area contributed by atoms with Gasteiger partial charge in [-0.05, 0) is 30.4 Å². The molecule has 0 radical (unpaired) electrons. The Balaban J connectivity index is 2.05. The second-order valence-electron chi connectivity index (χ2n) is 5.99. The van der Waals surface area contributed by atoms with Gasteiger partial charge in [0.25, 0.3) is 0 Å². The molecule has 0 bridgehead atoms. The normalized spacial score (nSPS) is 20.9. The van der Waals surface area contributed by atoms with Gasteiger partial charge >= 0.3 is 0 Å². The van der Waals surface area contributed by atoms with E-state index >= 15 is 0 Å². The summed E-state index contributed by atoms with van der Waals surface area (Å²) in [5.41, 5.74) is 9.54. The summed E-state index contributed by atoms with van der Waals surface area (Å²) in [4.78, 5) is 13.2. The Bertz CT molecular complexity index is 592. The van der Waals surface area contributed by atoms with Gasteiger partial charge in [0, 0.05) is 41.5 Å². The minimum absolute atomic E-state index is 0.0432. The van der Waals surface area contributed by atoms with Crippen molar-refractivity contribution in [1.82, 2.24) is 15.0 Å². The first-order valence-electron chi connectivity index (χ1n) is 6.57. The Morgan fingerprint density at radius 3 is 2.89 bits per heavy atom. The van der Waals surface area contributed by atoms with Crippen LogP contribution in [-0.4, -0.2) is 15.0 Å². The van der Waals surface area contributed by atoms with E-state index in [-0.39, 0.29) is 11.5 Å². The number of nitrogens with zero attached hydrogens (tertiary/aromatic N) is 3. The maximum atomic E-state index is 6.22. The van der Waals surface area contributed by atoms with Gasteiger partial charge in [-0.15, -0.1) is 0 Å². The third-order valence-corrected chi connectivity index (χ3v) is 3.64. The molecule has 3 rings (SSSR count). The third kappa shape index (κ3) is 2.36. The van der Waals surface area contributed by atoms with Crippen molar-refractivity contribution in [3.63, 3.8) is 0 Å². The van der Waals surface area contributed by atoms with Gasteiger partial charge in [-0.1, -0.05) is 13.8 Å². The molecule has 2 heterocycles. The summed E-state index contributed by atoms with van der Waals surface area (Å²) in [5.74, 6) is 0.733. The van der Waals surface area contributed by atoms with E-state index in [9.17, 15) is 0 Å². The number of aromatic nitrogens is 3. The molecule has 0 saturated carbocycles. The molecule has 0 aliphatic heterocycles. The highest BCUT2D eigenvalue weighted by Gasteiger charge is 2.31. The standard InChI is InChI=1S/C15H18N4/c1-15(2)6-12(16)11-9-18-14(19-13(11)7-15)10-4-3-5-17-8-10/h3-5,8-9,12H,6-7,16H2,1-2H3. The first kappa shape index (κ1) is 12.2. The van der Waals surface area contributed by atoms with Crippen molar-refractivity contribution in [3.05, 3.63) is 42.0 Å². The Morgan fingerprint density at radius 1 is 1.32 bits per heavy atom. The molecule has 0 saturated heterocycles. The molecule has 2 aromatic rings. The van der Waals surface area contributed by atoms with Crippen LogP contribution in [-0.2, 0) is 6.42 Å². The minimum Gasteiger partial charge on any atom is -0.324 e. The predicted molar refractivity (Wildman–Crippen MR) is 74.3 cm³/mol. The fourth-order valence-corrected chi connectivity index (χ4v) is 2.74. The van der Waals surface area contributed by atoms with Crippen LogP contribution >= 0.6 is 0 Å². The zero-order valence-corrected chi connectivity index (χ0v) is 11.3. The molecule has 19 heavy (non-hydrogen) atoms. The van der Waals surface area contributed by atoms with Crippen LogP contribution in [0.4, 0.5) is 0 Å². The lowest BCUT2D eigenvalue weighted by atomic mass is 9.74. The Kier molecular flexibility index (Phi) is 2.82. The number of hydrogen-bond acceptors (Lipinski definition) is 4. The summed E-state index contributed by atoms with van der Waals surface area (Å²) in [6, 6.07) is 3.91. The first-order chi connectivity index (χ1) is 9.05. The largest absolute Gasteiger partial charge is 0.324 e. The number of rotatable bonds is 1. The zero-order chi connectivity index (χ0) is 13.5. The summed E-state index contributed by atoms with van der Waals surface area (Å²) in [6.45, 7) is 4.48. The first-order valence-corrected chi connectivity index (χ1v) is 6.57. The van der Waals surface area contributed by atoms with Crippen LogP contribution in [0.15, 0.2) is 30.7 Å². The molecule has 0 amide bonds. The third-order valence-electron chi connectivity index (χ3n) is 3.64. The minimum atomic E-state index is 0.0432. The average molecular weight is 254 g/mol. The van der Waals surface area contributed by atoms with Crippen molar-refractivity contribution in [2.24, 2.45) is 11.1 Å². The van der Waals surface area contributed by atoms with Gasteiger partial charge in [0.1, 0.15) is 0 Å². The zero-order valence-electron chi connectivity index (χ0n) is 11.3. The SMILES string of the molecule is CC1(C)Cc2nc(-c3cccnc3)ncc2C(N)C1. The van der Waals surface area contributed by atoms with Crippen LogP contribution in [0.2, 0.25) is 0 Å². The molecule has 1 unspecified atom stereocenters. The molecule has 0 aromatic carbocycles. The van der Waals surface area contributed by atoms with Gasteiger partial charge in [-0.3, -0.25) is 4.98 Å².